The summed E-state index contributed by atoms with van der Waals surface area (Å²) in [4.78, 5) is 25.1. The number of amides is 1. The molecule has 96 valence electrons. The fourth-order valence-electron chi connectivity index (χ4n) is 1.76. The van der Waals surface area contributed by atoms with E-state index in [9.17, 15) is 14.9 Å². The molecule has 1 unspecified atom stereocenters. The summed E-state index contributed by atoms with van der Waals surface area (Å²) in [5.41, 5.74) is -0.135. The Morgan fingerprint density at radius 2 is 2.39 bits per heavy atom. The lowest BCUT2D eigenvalue weighted by atomic mass is 10.2. The number of anilines is 1. The van der Waals surface area contributed by atoms with Gasteiger partial charge in [0.1, 0.15) is 5.15 Å². The van der Waals surface area contributed by atoms with Gasteiger partial charge in [0.15, 0.2) is 0 Å². The van der Waals surface area contributed by atoms with Gasteiger partial charge in [0.25, 0.3) is 0 Å². The van der Waals surface area contributed by atoms with Crippen molar-refractivity contribution in [1.82, 2.24) is 10.3 Å². The van der Waals surface area contributed by atoms with E-state index in [2.05, 4.69) is 15.6 Å². The highest BCUT2D eigenvalue weighted by Gasteiger charge is 2.22. The van der Waals surface area contributed by atoms with Gasteiger partial charge in [-0.05, 0) is 12.5 Å². The van der Waals surface area contributed by atoms with Gasteiger partial charge in [-0.2, -0.15) is 0 Å². The minimum atomic E-state index is -0.529. The van der Waals surface area contributed by atoms with Crippen molar-refractivity contribution in [1.29, 1.82) is 0 Å². The number of rotatable bonds is 4. The number of hydrogen-bond acceptors (Lipinski definition) is 5. The van der Waals surface area contributed by atoms with E-state index in [1.165, 1.54) is 12.1 Å². The zero-order valence-electron chi connectivity index (χ0n) is 9.35. The normalized spacial score (nSPS) is 18.5. The number of carbonyl (C=O) groups excluding carboxylic acids is 1. The number of nitro groups is 1. The third-order valence-electron chi connectivity index (χ3n) is 2.64. The lowest BCUT2D eigenvalue weighted by molar-refractivity contribution is -0.384. The number of pyridine rings is 1. The predicted octanol–water partition coefficient (Wildman–Crippen LogP) is 1.33. The van der Waals surface area contributed by atoms with Gasteiger partial charge < -0.3 is 10.6 Å². The predicted molar refractivity (Wildman–Crippen MR) is 65.6 cm³/mol. The summed E-state index contributed by atoms with van der Waals surface area (Å²) in [5.74, 6) is 0.115. The minimum Gasteiger partial charge on any atom is -0.362 e. The first-order valence-electron chi connectivity index (χ1n) is 5.40. The molecule has 1 amide bonds. The molecule has 0 aromatic carbocycles. The molecule has 1 aliphatic rings. The molecule has 1 fully saturated rings. The maximum atomic E-state index is 11.0. The molecule has 2 N–H and O–H groups in total. The monoisotopic (exact) mass is 270 g/mol. The fourth-order valence-corrected chi connectivity index (χ4v) is 1.90. The molecule has 0 radical (unpaired) electrons. The Hall–Kier alpha value is -1.89. The Labute approximate surface area is 108 Å². The smallest absolute Gasteiger partial charge is 0.311 e. The molecule has 1 aromatic heterocycles. The third-order valence-corrected chi connectivity index (χ3v) is 2.85. The first-order chi connectivity index (χ1) is 8.56. The van der Waals surface area contributed by atoms with Crippen LogP contribution in [0.1, 0.15) is 12.8 Å². The summed E-state index contributed by atoms with van der Waals surface area (Å²) in [6.45, 7) is 0.389. The Bertz CT molecular complexity index is 494. The van der Waals surface area contributed by atoms with Gasteiger partial charge in [-0.25, -0.2) is 4.98 Å². The molecule has 0 spiro atoms. The van der Waals surface area contributed by atoms with Crippen LogP contribution in [-0.2, 0) is 4.79 Å². The topological polar surface area (TPSA) is 97.2 Å². The van der Waals surface area contributed by atoms with Gasteiger partial charge in [0.05, 0.1) is 4.92 Å². The van der Waals surface area contributed by atoms with Gasteiger partial charge in [0.2, 0.25) is 11.7 Å². The molecule has 0 bridgehead atoms. The fraction of sp³-hybridized carbons (Fsp3) is 0.400. The van der Waals surface area contributed by atoms with Crippen LogP contribution in [0.2, 0.25) is 5.15 Å². The van der Waals surface area contributed by atoms with Crippen LogP contribution < -0.4 is 10.6 Å². The molecule has 1 saturated heterocycles. The average Bonchev–Trinajstić information content (AvgIpc) is 2.72. The van der Waals surface area contributed by atoms with Gasteiger partial charge in [0, 0.05) is 25.1 Å². The summed E-state index contributed by atoms with van der Waals surface area (Å²) < 4.78 is 0. The summed E-state index contributed by atoms with van der Waals surface area (Å²) in [6, 6.07) is 2.63. The van der Waals surface area contributed by atoms with Crippen molar-refractivity contribution in [3.63, 3.8) is 0 Å². The largest absolute Gasteiger partial charge is 0.362 e. The number of carbonyl (C=O) groups is 1. The van der Waals surface area contributed by atoms with E-state index in [4.69, 9.17) is 11.6 Å². The molecule has 7 nitrogen and oxygen atoms in total. The SMILES string of the molecule is O=C1CCC(CNc2nc(Cl)ccc2[N+](=O)[O-])N1. The summed E-state index contributed by atoms with van der Waals surface area (Å²) in [6.07, 6.45) is 1.19. The Morgan fingerprint density at radius 1 is 1.61 bits per heavy atom. The number of nitrogens with zero attached hydrogens (tertiary/aromatic N) is 2. The van der Waals surface area contributed by atoms with Gasteiger partial charge in [-0.3, -0.25) is 14.9 Å². The Kier molecular flexibility index (Phi) is 3.61. The second-order valence-corrected chi connectivity index (χ2v) is 4.33. The van der Waals surface area contributed by atoms with Gasteiger partial charge >= 0.3 is 5.69 Å². The highest BCUT2D eigenvalue weighted by atomic mass is 35.5. The van der Waals surface area contributed by atoms with Crippen molar-refractivity contribution in [2.45, 2.75) is 18.9 Å². The van der Waals surface area contributed by atoms with E-state index in [-0.39, 0.29) is 28.6 Å². The van der Waals surface area contributed by atoms with Crippen molar-refractivity contribution in [3.05, 3.63) is 27.4 Å². The molecule has 18 heavy (non-hydrogen) atoms. The maximum absolute atomic E-state index is 11.0. The first-order valence-corrected chi connectivity index (χ1v) is 5.78. The standard InChI is InChI=1S/C10H11ClN4O3/c11-8-3-2-7(15(17)18)10(14-8)12-5-6-1-4-9(16)13-6/h2-3,6H,1,4-5H2,(H,12,14)(H,13,16). The van der Waals surface area contributed by atoms with Crippen molar-refractivity contribution in [3.8, 4) is 0 Å². The van der Waals surface area contributed by atoms with Crippen molar-refractivity contribution in [2.75, 3.05) is 11.9 Å². The number of hydrogen-bond donors (Lipinski definition) is 2. The second kappa shape index (κ2) is 5.18. The molecular weight excluding hydrogens is 260 g/mol. The van der Waals surface area contributed by atoms with Gasteiger partial charge in [-0.1, -0.05) is 11.6 Å². The summed E-state index contributed by atoms with van der Waals surface area (Å²) >= 11 is 5.70. The molecule has 1 aliphatic heterocycles. The first kappa shape index (κ1) is 12.6. The van der Waals surface area contributed by atoms with Crippen molar-refractivity contribution >= 4 is 29.0 Å². The van der Waals surface area contributed by atoms with E-state index in [0.29, 0.717) is 19.4 Å². The Balaban J connectivity index is 2.06. The maximum Gasteiger partial charge on any atom is 0.311 e. The van der Waals surface area contributed by atoms with Crippen LogP contribution in [0.5, 0.6) is 0 Å². The van der Waals surface area contributed by atoms with E-state index in [1.54, 1.807) is 0 Å². The highest BCUT2D eigenvalue weighted by Crippen LogP contribution is 2.24. The third kappa shape index (κ3) is 2.86. The molecular formula is C10H11ClN4O3. The lowest BCUT2D eigenvalue weighted by Gasteiger charge is -2.11. The molecule has 8 heteroatoms. The highest BCUT2D eigenvalue weighted by molar-refractivity contribution is 6.29. The van der Waals surface area contributed by atoms with Crippen LogP contribution in [0.4, 0.5) is 11.5 Å². The van der Waals surface area contributed by atoms with Crippen LogP contribution in [-0.4, -0.2) is 28.4 Å². The van der Waals surface area contributed by atoms with Crippen molar-refractivity contribution in [2.24, 2.45) is 0 Å². The Morgan fingerprint density at radius 3 is 3.00 bits per heavy atom. The average molecular weight is 271 g/mol. The van der Waals surface area contributed by atoms with E-state index in [1.807, 2.05) is 0 Å². The molecule has 1 atom stereocenters. The van der Waals surface area contributed by atoms with Crippen LogP contribution in [0.3, 0.4) is 0 Å². The zero-order chi connectivity index (χ0) is 13.1. The van der Waals surface area contributed by atoms with Gasteiger partial charge in [-0.15, -0.1) is 0 Å². The zero-order valence-corrected chi connectivity index (χ0v) is 10.1. The molecule has 1 aromatic rings. The van der Waals surface area contributed by atoms with E-state index >= 15 is 0 Å². The number of aromatic nitrogens is 1. The van der Waals surface area contributed by atoms with E-state index in [0.717, 1.165) is 0 Å². The quantitative estimate of drug-likeness (QED) is 0.489. The van der Waals surface area contributed by atoms with Crippen LogP contribution in [0, 0.1) is 10.1 Å². The van der Waals surface area contributed by atoms with Crippen LogP contribution >= 0.6 is 11.6 Å². The second-order valence-electron chi connectivity index (χ2n) is 3.94. The molecule has 0 aliphatic carbocycles. The molecule has 2 heterocycles. The summed E-state index contributed by atoms with van der Waals surface area (Å²) in [7, 11) is 0. The lowest BCUT2D eigenvalue weighted by Crippen LogP contribution is -2.32. The number of nitrogens with one attached hydrogen (secondary N) is 2. The minimum absolute atomic E-state index is 0.00430. The summed E-state index contributed by atoms with van der Waals surface area (Å²) in [5, 5.41) is 16.6. The van der Waals surface area contributed by atoms with Crippen molar-refractivity contribution < 1.29 is 9.72 Å². The van der Waals surface area contributed by atoms with Crippen LogP contribution in [0.15, 0.2) is 12.1 Å². The van der Waals surface area contributed by atoms with E-state index < -0.39 is 4.92 Å². The molecule has 2 rings (SSSR count). The van der Waals surface area contributed by atoms with Crippen LogP contribution in [0.25, 0.3) is 0 Å². The number of halogens is 1. The molecule has 0 saturated carbocycles.